The van der Waals surface area contributed by atoms with Gasteiger partial charge in [0, 0.05) is 29.0 Å². The summed E-state index contributed by atoms with van der Waals surface area (Å²) in [5.41, 5.74) is 3.97. The Labute approximate surface area is 194 Å². The molecule has 9 heteroatoms. The van der Waals surface area contributed by atoms with Crippen LogP contribution in [0.5, 0.6) is 0 Å². The molecule has 1 aliphatic rings. The molecular weight excluding hydrogens is 446 g/mol. The zero-order chi connectivity index (χ0) is 22.2. The maximum absolute atomic E-state index is 13.3. The van der Waals surface area contributed by atoms with Gasteiger partial charge in [0.25, 0.3) is 5.56 Å². The molecular formula is C23H24ClN5O2S. The van der Waals surface area contributed by atoms with Crippen molar-refractivity contribution in [1.29, 1.82) is 0 Å². The SMILES string of the molecule is Cc1nonc1CN(C)[C@H]1CCc2c(sc3ncn(CCc4ccccc4Cl)c(=O)c23)C1. The maximum atomic E-state index is 13.3. The van der Waals surface area contributed by atoms with E-state index in [1.165, 1.54) is 10.4 Å². The van der Waals surface area contributed by atoms with Crippen LogP contribution in [0.2, 0.25) is 5.02 Å². The summed E-state index contributed by atoms with van der Waals surface area (Å²) in [6.45, 7) is 3.17. The number of likely N-dealkylation sites (N-methyl/N-ethyl adjacent to an activating group) is 1. The molecule has 0 radical (unpaired) electrons. The van der Waals surface area contributed by atoms with E-state index >= 15 is 0 Å². The Hall–Kier alpha value is -2.55. The van der Waals surface area contributed by atoms with Crippen molar-refractivity contribution in [1.82, 2.24) is 24.8 Å². The molecule has 4 aromatic rings. The minimum absolute atomic E-state index is 0.0515. The van der Waals surface area contributed by atoms with Crippen LogP contribution < -0.4 is 5.56 Å². The van der Waals surface area contributed by atoms with Gasteiger partial charge in [0.05, 0.1) is 11.7 Å². The molecule has 0 bridgehead atoms. The number of fused-ring (bicyclic) bond motifs is 3. The predicted molar refractivity (Wildman–Crippen MR) is 125 cm³/mol. The summed E-state index contributed by atoms with van der Waals surface area (Å²) in [7, 11) is 2.11. The second-order valence-electron chi connectivity index (χ2n) is 8.38. The number of hydrogen-bond acceptors (Lipinski definition) is 7. The molecule has 3 heterocycles. The smallest absolute Gasteiger partial charge is 0.262 e. The van der Waals surface area contributed by atoms with Gasteiger partial charge in [-0.15, -0.1) is 11.3 Å². The molecule has 7 nitrogen and oxygen atoms in total. The van der Waals surface area contributed by atoms with Crippen LogP contribution in [0.3, 0.4) is 0 Å². The Morgan fingerprint density at radius 2 is 2.16 bits per heavy atom. The highest BCUT2D eigenvalue weighted by Crippen LogP contribution is 2.35. The largest absolute Gasteiger partial charge is 0.298 e. The van der Waals surface area contributed by atoms with Crippen LogP contribution in [0.25, 0.3) is 10.2 Å². The molecule has 1 aliphatic carbocycles. The zero-order valence-electron chi connectivity index (χ0n) is 18.0. The molecule has 1 aromatic carbocycles. The van der Waals surface area contributed by atoms with Crippen molar-refractivity contribution in [3.63, 3.8) is 0 Å². The number of aromatic nitrogens is 4. The fourth-order valence-corrected chi connectivity index (χ4v) is 5.90. The minimum atomic E-state index is 0.0515. The van der Waals surface area contributed by atoms with E-state index in [4.69, 9.17) is 16.2 Å². The molecule has 166 valence electrons. The average molecular weight is 470 g/mol. The highest BCUT2D eigenvalue weighted by Gasteiger charge is 2.28. The molecule has 0 amide bonds. The third-order valence-electron chi connectivity index (χ3n) is 6.36. The van der Waals surface area contributed by atoms with Crippen molar-refractivity contribution in [2.45, 2.75) is 51.7 Å². The molecule has 0 aliphatic heterocycles. The number of hydrogen-bond donors (Lipinski definition) is 0. The number of aryl methyl sites for hydroxylation is 4. The van der Waals surface area contributed by atoms with Crippen molar-refractivity contribution < 1.29 is 4.63 Å². The lowest BCUT2D eigenvalue weighted by Gasteiger charge is -2.30. The Balaban J connectivity index is 1.36. The lowest BCUT2D eigenvalue weighted by molar-refractivity contribution is 0.207. The Bertz CT molecular complexity index is 1330. The fourth-order valence-electron chi connectivity index (χ4n) is 4.42. The first-order valence-corrected chi connectivity index (χ1v) is 11.9. The van der Waals surface area contributed by atoms with E-state index < -0.39 is 0 Å². The lowest BCUT2D eigenvalue weighted by atomic mass is 9.92. The van der Waals surface area contributed by atoms with Crippen molar-refractivity contribution >= 4 is 33.2 Å². The highest BCUT2D eigenvalue weighted by molar-refractivity contribution is 7.18. The van der Waals surface area contributed by atoms with Crippen LogP contribution in [0.1, 0.15) is 33.8 Å². The van der Waals surface area contributed by atoms with Crippen molar-refractivity contribution in [3.05, 3.63) is 73.4 Å². The van der Waals surface area contributed by atoms with Crippen molar-refractivity contribution in [2.75, 3.05) is 7.05 Å². The van der Waals surface area contributed by atoms with Gasteiger partial charge in [-0.25, -0.2) is 9.61 Å². The van der Waals surface area contributed by atoms with Crippen molar-refractivity contribution in [3.8, 4) is 0 Å². The standard InChI is InChI=1S/C23H24ClN5O2S/c1-14-19(27-31-26-14)12-28(2)16-7-8-17-20(11-16)32-22-21(17)23(30)29(13-25-22)10-9-15-5-3-4-6-18(15)24/h3-6,13,16H,7-12H2,1-2H3/t16-/m0/s1. The van der Waals surface area contributed by atoms with E-state index in [1.54, 1.807) is 22.2 Å². The van der Waals surface area contributed by atoms with E-state index in [0.29, 0.717) is 25.6 Å². The van der Waals surface area contributed by atoms with E-state index in [0.717, 1.165) is 51.5 Å². The Morgan fingerprint density at radius 1 is 1.31 bits per heavy atom. The summed E-state index contributed by atoms with van der Waals surface area (Å²) in [4.78, 5) is 22.3. The molecule has 0 saturated carbocycles. The second-order valence-corrected chi connectivity index (χ2v) is 9.87. The minimum Gasteiger partial charge on any atom is -0.298 e. The summed E-state index contributed by atoms with van der Waals surface area (Å²) >= 11 is 7.93. The van der Waals surface area contributed by atoms with E-state index in [9.17, 15) is 4.79 Å². The van der Waals surface area contributed by atoms with Gasteiger partial charge in [-0.1, -0.05) is 40.1 Å². The second kappa shape index (κ2) is 8.77. The first-order chi connectivity index (χ1) is 15.5. The first-order valence-electron chi connectivity index (χ1n) is 10.7. The predicted octanol–water partition coefficient (Wildman–Crippen LogP) is 4.03. The molecule has 0 N–H and O–H groups in total. The van der Waals surface area contributed by atoms with E-state index in [2.05, 4.69) is 27.2 Å². The zero-order valence-corrected chi connectivity index (χ0v) is 19.6. The van der Waals surface area contributed by atoms with Crippen LogP contribution in [0, 0.1) is 6.92 Å². The normalized spacial score (nSPS) is 16.1. The van der Waals surface area contributed by atoms with Crippen LogP contribution in [-0.2, 0) is 32.4 Å². The molecule has 5 rings (SSSR count). The molecule has 0 saturated heterocycles. The van der Waals surface area contributed by atoms with Crippen LogP contribution in [-0.4, -0.2) is 37.9 Å². The van der Waals surface area contributed by atoms with Gasteiger partial charge >= 0.3 is 0 Å². The maximum Gasteiger partial charge on any atom is 0.262 e. The lowest BCUT2D eigenvalue weighted by Crippen LogP contribution is -2.36. The highest BCUT2D eigenvalue weighted by atomic mass is 35.5. The van der Waals surface area contributed by atoms with E-state index in [1.807, 2.05) is 31.2 Å². The number of thiophene rings is 1. The molecule has 0 unspecified atom stereocenters. The van der Waals surface area contributed by atoms with Crippen LogP contribution in [0.4, 0.5) is 0 Å². The van der Waals surface area contributed by atoms with Crippen LogP contribution in [0.15, 0.2) is 40.0 Å². The number of benzene rings is 1. The van der Waals surface area contributed by atoms with Gasteiger partial charge in [0.1, 0.15) is 16.2 Å². The summed E-state index contributed by atoms with van der Waals surface area (Å²) in [6.07, 6.45) is 5.16. The topological polar surface area (TPSA) is 77.1 Å². The summed E-state index contributed by atoms with van der Waals surface area (Å²) in [5, 5.41) is 9.41. The summed E-state index contributed by atoms with van der Waals surface area (Å²) < 4.78 is 6.55. The van der Waals surface area contributed by atoms with Gasteiger partial charge in [0.15, 0.2) is 0 Å². The first kappa shape index (κ1) is 21.3. The molecule has 1 atom stereocenters. The van der Waals surface area contributed by atoms with E-state index in [-0.39, 0.29) is 5.56 Å². The van der Waals surface area contributed by atoms with Gasteiger partial charge in [-0.3, -0.25) is 14.3 Å². The monoisotopic (exact) mass is 469 g/mol. The third kappa shape index (κ3) is 3.98. The molecule has 0 fully saturated rings. The van der Waals surface area contributed by atoms with Gasteiger partial charge in [-0.2, -0.15) is 0 Å². The van der Waals surface area contributed by atoms with Gasteiger partial charge in [0.2, 0.25) is 0 Å². The van der Waals surface area contributed by atoms with Crippen molar-refractivity contribution in [2.24, 2.45) is 0 Å². The fraction of sp³-hybridized carbons (Fsp3) is 0.391. The average Bonchev–Trinajstić information content (AvgIpc) is 3.37. The van der Waals surface area contributed by atoms with Crippen LogP contribution >= 0.6 is 22.9 Å². The Morgan fingerprint density at radius 3 is 2.94 bits per heavy atom. The third-order valence-corrected chi connectivity index (χ3v) is 7.89. The molecule has 0 spiro atoms. The van der Waals surface area contributed by atoms with Gasteiger partial charge < -0.3 is 0 Å². The number of rotatable bonds is 6. The number of halogens is 1. The van der Waals surface area contributed by atoms with Gasteiger partial charge in [-0.05, 0) is 56.8 Å². The quantitative estimate of drug-likeness (QED) is 0.424. The molecule has 32 heavy (non-hydrogen) atoms. The summed E-state index contributed by atoms with van der Waals surface area (Å²) in [6, 6.07) is 8.14. The number of nitrogens with zero attached hydrogens (tertiary/aromatic N) is 5. The molecule has 3 aromatic heterocycles. The summed E-state index contributed by atoms with van der Waals surface area (Å²) in [5.74, 6) is 0. The Kier molecular flexibility index (Phi) is 5.84.